The molecule has 0 spiro atoms. The van der Waals surface area contributed by atoms with Crippen LogP contribution in [-0.2, 0) is 0 Å². The Labute approximate surface area is 91.1 Å². The van der Waals surface area contributed by atoms with Crippen LogP contribution in [0.4, 0.5) is 4.79 Å². The summed E-state index contributed by atoms with van der Waals surface area (Å²) in [6.07, 6.45) is 8.27. The molecule has 0 saturated heterocycles. The molecule has 0 aliphatic heterocycles. The van der Waals surface area contributed by atoms with Crippen LogP contribution in [0.15, 0.2) is 0 Å². The third-order valence-electron chi connectivity index (χ3n) is 1.51. The van der Waals surface area contributed by atoms with Crippen molar-refractivity contribution in [3.05, 3.63) is 0 Å². The van der Waals surface area contributed by atoms with Crippen molar-refractivity contribution in [2.75, 3.05) is 5.75 Å². The van der Waals surface area contributed by atoms with Crippen molar-refractivity contribution in [2.24, 2.45) is 0 Å². The minimum atomic E-state index is -1.61. The molecule has 0 fully saturated rings. The monoisotopic (exact) mass is 225 g/mol. The van der Waals surface area contributed by atoms with Gasteiger partial charge in [-0.3, -0.25) is 0 Å². The Bertz CT molecular complexity index is 99.8. The van der Waals surface area contributed by atoms with Gasteiger partial charge in [-0.25, -0.2) is 0 Å². The van der Waals surface area contributed by atoms with E-state index in [1.54, 1.807) is 0 Å². The third-order valence-corrected chi connectivity index (χ3v) is 1.83. The maximum Gasteiger partial charge on any atom is 0.134 e. The van der Waals surface area contributed by atoms with Gasteiger partial charge in [0.05, 0.1) is 0 Å². The molecule has 13 heavy (non-hydrogen) atoms. The lowest BCUT2D eigenvalue weighted by molar-refractivity contribution is -0.233. The molecule has 2 nitrogen and oxygen atoms in total. The molecule has 4 heteroatoms. The first-order chi connectivity index (χ1) is 6.15. The van der Waals surface area contributed by atoms with E-state index < -0.39 is 5.43 Å². The SMILES string of the molecule is CCCCCCCCS.O=C([O-])Cl. The second-order valence-corrected chi connectivity index (χ2v) is 3.48. The molecule has 0 aromatic carbocycles. The topological polar surface area (TPSA) is 40.1 Å². The highest BCUT2D eigenvalue weighted by Crippen LogP contribution is 2.04. The Morgan fingerprint density at radius 1 is 1.23 bits per heavy atom. The molecule has 0 atom stereocenters. The van der Waals surface area contributed by atoms with Crippen LogP contribution in [-0.4, -0.2) is 11.2 Å². The molecule has 0 aliphatic carbocycles. The summed E-state index contributed by atoms with van der Waals surface area (Å²) in [5.41, 5.74) is -1.61. The van der Waals surface area contributed by atoms with Gasteiger partial charge in [-0.15, -0.1) is 0 Å². The van der Waals surface area contributed by atoms with Crippen LogP contribution in [0.3, 0.4) is 0 Å². The van der Waals surface area contributed by atoms with E-state index in [0.29, 0.717) is 0 Å². The van der Waals surface area contributed by atoms with Crippen LogP contribution in [0.2, 0.25) is 0 Å². The van der Waals surface area contributed by atoms with E-state index in [-0.39, 0.29) is 0 Å². The number of carbonyl (C=O) groups excluding carboxylic acids is 1. The Hall–Kier alpha value is 0.110. The normalized spacial score (nSPS) is 8.85. The number of halogens is 1. The first kappa shape index (κ1) is 15.6. The van der Waals surface area contributed by atoms with E-state index in [1.807, 2.05) is 0 Å². The minimum Gasteiger partial charge on any atom is -0.534 e. The van der Waals surface area contributed by atoms with Crippen molar-refractivity contribution >= 4 is 29.7 Å². The number of carbonyl (C=O) groups is 1. The summed E-state index contributed by atoms with van der Waals surface area (Å²) in [6.45, 7) is 2.25. The number of hydrogen-bond donors (Lipinski definition) is 1. The Morgan fingerprint density at radius 2 is 1.62 bits per heavy atom. The molecule has 0 amide bonds. The maximum atomic E-state index is 8.65. The van der Waals surface area contributed by atoms with Gasteiger partial charge in [0.1, 0.15) is 5.43 Å². The van der Waals surface area contributed by atoms with E-state index >= 15 is 0 Å². The molecule has 0 aromatic heterocycles. The second-order valence-electron chi connectivity index (χ2n) is 2.73. The van der Waals surface area contributed by atoms with Gasteiger partial charge in [0.2, 0.25) is 0 Å². The van der Waals surface area contributed by atoms with Crippen LogP contribution < -0.4 is 5.11 Å². The lowest BCUT2D eigenvalue weighted by atomic mass is 10.1. The van der Waals surface area contributed by atoms with Gasteiger partial charge >= 0.3 is 0 Å². The first-order valence-corrected chi connectivity index (χ1v) is 5.63. The molecule has 0 aliphatic rings. The Balaban J connectivity index is 0. The summed E-state index contributed by atoms with van der Waals surface area (Å²) in [5.74, 6) is 1.06. The average molecular weight is 226 g/mol. The third kappa shape index (κ3) is 33.2. The van der Waals surface area contributed by atoms with Crippen LogP contribution >= 0.6 is 24.2 Å². The first-order valence-electron chi connectivity index (χ1n) is 4.62. The van der Waals surface area contributed by atoms with Crippen molar-refractivity contribution in [1.29, 1.82) is 0 Å². The van der Waals surface area contributed by atoms with Crippen LogP contribution in [0.1, 0.15) is 45.4 Å². The molecular formula is C9H18ClO2S-. The zero-order valence-corrected chi connectivity index (χ0v) is 9.74. The zero-order valence-electron chi connectivity index (χ0n) is 8.09. The molecule has 0 aromatic rings. The average Bonchev–Trinajstić information content (AvgIpc) is 2.03. The molecule has 0 bridgehead atoms. The molecule has 0 N–H and O–H groups in total. The van der Waals surface area contributed by atoms with Gasteiger partial charge in [-0.1, -0.05) is 50.6 Å². The number of unbranched alkanes of at least 4 members (excludes halogenated alkanes) is 5. The fourth-order valence-corrected chi connectivity index (χ4v) is 1.12. The standard InChI is InChI=1S/C8H18S.CHClO2/c1-2-3-4-5-6-7-8-9;2-1(3)4/h9H,2-8H2,1H3;(H,3,4)/p-1. The summed E-state index contributed by atoms with van der Waals surface area (Å²) in [6, 6.07) is 0. The molecule has 0 unspecified atom stereocenters. The van der Waals surface area contributed by atoms with Crippen molar-refractivity contribution in [3.8, 4) is 0 Å². The van der Waals surface area contributed by atoms with Crippen molar-refractivity contribution in [1.82, 2.24) is 0 Å². The van der Waals surface area contributed by atoms with Crippen molar-refractivity contribution < 1.29 is 9.90 Å². The lowest BCUT2D eigenvalue weighted by Crippen LogP contribution is -2.11. The van der Waals surface area contributed by atoms with E-state index in [9.17, 15) is 0 Å². The Morgan fingerprint density at radius 3 is 2.00 bits per heavy atom. The largest absolute Gasteiger partial charge is 0.534 e. The highest BCUT2D eigenvalue weighted by Gasteiger charge is 1.86. The van der Waals surface area contributed by atoms with Crippen LogP contribution in [0, 0.1) is 0 Å². The Kier molecular flexibility index (Phi) is 17.5. The zero-order chi connectivity index (χ0) is 10.5. The number of carboxylic acid groups (broad SMARTS) is 1. The highest BCUT2D eigenvalue weighted by molar-refractivity contribution is 7.80. The van der Waals surface area contributed by atoms with Gasteiger partial charge in [0.15, 0.2) is 0 Å². The van der Waals surface area contributed by atoms with Gasteiger partial charge < -0.3 is 9.90 Å². The maximum absolute atomic E-state index is 8.65. The van der Waals surface area contributed by atoms with Gasteiger partial charge in [-0.05, 0) is 12.2 Å². The molecule has 0 rings (SSSR count). The molecule has 0 heterocycles. The predicted molar refractivity (Wildman–Crippen MR) is 58.5 cm³/mol. The van der Waals surface area contributed by atoms with Crippen LogP contribution in [0.25, 0.3) is 0 Å². The minimum absolute atomic E-state index is 1.06. The fourth-order valence-electron chi connectivity index (χ4n) is 0.892. The quantitative estimate of drug-likeness (QED) is 0.429. The van der Waals surface area contributed by atoms with Crippen molar-refractivity contribution in [2.45, 2.75) is 45.4 Å². The summed E-state index contributed by atoms with van der Waals surface area (Å²) in [7, 11) is 0. The summed E-state index contributed by atoms with van der Waals surface area (Å²) in [5, 5.41) is 8.65. The van der Waals surface area contributed by atoms with E-state index in [1.165, 1.54) is 38.5 Å². The van der Waals surface area contributed by atoms with Crippen molar-refractivity contribution in [3.63, 3.8) is 0 Å². The summed E-state index contributed by atoms with van der Waals surface area (Å²) in [4.78, 5) is 8.65. The number of hydrogen-bond acceptors (Lipinski definition) is 3. The van der Waals surface area contributed by atoms with Gasteiger partial charge in [-0.2, -0.15) is 12.6 Å². The van der Waals surface area contributed by atoms with E-state index in [4.69, 9.17) is 9.90 Å². The molecule has 0 radical (unpaired) electrons. The predicted octanol–water partition coefficient (Wildman–Crippen LogP) is 2.85. The van der Waals surface area contributed by atoms with E-state index in [2.05, 4.69) is 31.2 Å². The molecular weight excluding hydrogens is 208 g/mol. The number of thiol groups is 1. The lowest BCUT2D eigenvalue weighted by Gasteiger charge is -1.95. The van der Waals surface area contributed by atoms with E-state index in [0.717, 1.165) is 5.75 Å². The molecule has 80 valence electrons. The highest BCUT2D eigenvalue weighted by atomic mass is 35.5. The smallest absolute Gasteiger partial charge is 0.134 e. The van der Waals surface area contributed by atoms with Gasteiger partial charge in [0, 0.05) is 0 Å². The summed E-state index contributed by atoms with van der Waals surface area (Å²) < 4.78 is 0. The number of rotatable bonds is 6. The van der Waals surface area contributed by atoms with Gasteiger partial charge in [0.25, 0.3) is 0 Å². The van der Waals surface area contributed by atoms with Crippen LogP contribution in [0.5, 0.6) is 0 Å². The summed E-state index contributed by atoms with van der Waals surface area (Å²) >= 11 is 8.23. The molecule has 0 saturated carbocycles. The fraction of sp³-hybridized carbons (Fsp3) is 0.889. The second kappa shape index (κ2) is 14.6.